The fourth-order valence-electron chi connectivity index (χ4n) is 3.30. The molecule has 2 amide bonds. The number of halogens is 1. The van der Waals surface area contributed by atoms with Gasteiger partial charge in [0.1, 0.15) is 12.6 Å². The number of hydrogen-bond donors (Lipinski definition) is 1. The van der Waals surface area contributed by atoms with E-state index in [1.165, 1.54) is 11.9 Å². The average molecular weight is 510 g/mol. The normalized spacial score (nSPS) is 12.2. The number of sulfonamides is 1. The molecule has 0 saturated carbocycles. The zero-order chi connectivity index (χ0) is 23.3. The van der Waals surface area contributed by atoms with Gasteiger partial charge in [0.15, 0.2) is 0 Å². The molecule has 168 valence electrons. The number of hydrogen-bond acceptors (Lipinski definition) is 4. The van der Waals surface area contributed by atoms with Gasteiger partial charge in [-0.15, -0.1) is 0 Å². The quantitative estimate of drug-likeness (QED) is 0.592. The first-order valence-corrected chi connectivity index (χ1v) is 12.4. The molecule has 0 radical (unpaired) electrons. The van der Waals surface area contributed by atoms with Gasteiger partial charge < -0.3 is 10.2 Å². The molecule has 1 unspecified atom stereocenters. The highest BCUT2D eigenvalue weighted by atomic mass is 79.9. The maximum absolute atomic E-state index is 13.3. The van der Waals surface area contributed by atoms with E-state index in [1.807, 2.05) is 37.3 Å². The van der Waals surface area contributed by atoms with Crippen molar-refractivity contribution in [3.05, 3.63) is 63.6 Å². The molecule has 0 spiro atoms. The largest absolute Gasteiger partial charge is 0.357 e. The standard InChI is InChI=1S/C22H28BrN3O4S/c1-15-9-10-20(16(2)11-15)26(31(5,29)30)14-21(27)25(17(3)22(28)24-4)13-18-7-6-8-19(23)12-18/h6-12,17H,13-14H2,1-5H3,(H,24,28). The van der Waals surface area contributed by atoms with E-state index in [2.05, 4.69) is 21.2 Å². The van der Waals surface area contributed by atoms with Crippen LogP contribution < -0.4 is 9.62 Å². The highest BCUT2D eigenvalue weighted by Crippen LogP contribution is 2.24. The van der Waals surface area contributed by atoms with Crippen molar-refractivity contribution in [1.29, 1.82) is 0 Å². The molecular formula is C22H28BrN3O4S. The lowest BCUT2D eigenvalue weighted by Crippen LogP contribution is -2.50. The zero-order valence-corrected chi connectivity index (χ0v) is 20.7. The number of benzene rings is 2. The first-order valence-electron chi connectivity index (χ1n) is 9.74. The number of amides is 2. The number of aryl methyl sites for hydroxylation is 2. The predicted molar refractivity (Wildman–Crippen MR) is 126 cm³/mol. The smallest absolute Gasteiger partial charge is 0.244 e. The molecule has 1 atom stereocenters. The number of anilines is 1. The molecule has 7 nitrogen and oxygen atoms in total. The van der Waals surface area contributed by atoms with Crippen LogP contribution in [0.4, 0.5) is 5.69 Å². The van der Waals surface area contributed by atoms with Gasteiger partial charge in [-0.05, 0) is 50.1 Å². The first-order chi connectivity index (χ1) is 14.4. The summed E-state index contributed by atoms with van der Waals surface area (Å²) in [6.45, 7) is 5.10. The lowest BCUT2D eigenvalue weighted by atomic mass is 10.1. The number of nitrogens with one attached hydrogen (secondary N) is 1. The maximum atomic E-state index is 13.3. The van der Waals surface area contributed by atoms with Crippen molar-refractivity contribution in [1.82, 2.24) is 10.2 Å². The van der Waals surface area contributed by atoms with Gasteiger partial charge in [-0.3, -0.25) is 13.9 Å². The van der Waals surface area contributed by atoms with E-state index in [4.69, 9.17) is 0 Å². The van der Waals surface area contributed by atoms with Crippen molar-refractivity contribution in [2.45, 2.75) is 33.4 Å². The minimum atomic E-state index is -3.74. The van der Waals surface area contributed by atoms with E-state index in [1.54, 1.807) is 26.0 Å². The molecule has 0 aliphatic carbocycles. The topological polar surface area (TPSA) is 86.8 Å². The van der Waals surface area contributed by atoms with Gasteiger partial charge in [0.05, 0.1) is 11.9 Å². The molecule has 2 aromatic carbocycles. The Balaban J connectivity index is 2.42. The number of carbonyl (C=O) groups is 2. The van der Waals surface area contributed by atoms with Gasteiger partial charge in [0, 0.05) is 18.1 Å². The van der Waals surface area contributed by atoms with Crippen LogP contribution >= 0.6 is 15.9 Å². The molecular weight excluding hydrogens is 482 g/mol. The SMILES string of the molecule is CNC(=O)C(C)N(Cc1cccc(Br)c1)C(=O)CN(c1ccc(C)cc1C)S(C)(=O)=O. The van der Waals surface area contributed by atoms with Gasteiger partial charge in [0.25, 0.3) is 0 Å². The highest BCUT2D eigenvalue weighted by Gasteiger charge is 2.30. The first kappa shape index (κ1) is 24.9. The molecule has 0 bridgehead atoms. The second kappa shape index (κ2) is 10.3. The Labute approximate surface area is 192 Å². The summed E-state index contributed by atoms with van der Waals surface area (Å²) < 4.78 is 27.1. The van der Waals surface area contributed by atoms with E-state index in [-0.39, 0.29) is 12.5 Å². The lowest BCUT2D eigenvalue weighted by Gasteiger charge is -2.31. The predicted octanol–water partition coefficient (Wildman–Crippen LogP) is 3.00. The number of rotatable bonds is 8. The Kier molecular flexibility index (Phi) is 8.25. The van der Waals surface area contributed by atoms with E-state index < -0.39 is 28.5 Å². The third-order valence-corrected chi connectivity index (χ3v) is 6.58. The van der Waals surface area contributed by atoms with E-state index in [9.17, 15) is 18.0 Å². The fourth-order valence-corrected chi connectivity index (χ4v) is 4.66. The number of likely N-dealkylation sites (N-methyl/N-ethyl adjacent to an activating group) is 1. The van der Waals surface area contributed by atoms with Gasteiger partial charge in [-0.2, -0.15) is 0 Å². The van der Waals surface area contributed by atoms with Crippen molar-refractivity contribution >= 4 is 43.5 Å². The minimum Gasteiger partial charge on any atom is -0.357 e. The third kappa shape index (κ3) is 6.54. The Morgan fingerprint density at radius 2 is 1.81 bits per heavy atom. The van der Waals surface area contributed by atoms with E-state index in [0.717, 1.165) is 31.7 Å². The maximum Gasteiger partial charge on any atom is 0.244 e. The zero-order valence-electron chi connectivity index (χ0n) is 18.3. The van der Waals surface area contributed by atoms with Crippen LogP contribution in [-0.2, 0) is 26.2 Å². The van der Waals surface area contributed by atoms with Crippen LogP contribution in [0.1, 0.15) is 23.6 Å². The van der Waals surface area contributed by atoms with Crippen molar-refractivity contribution in [3.63, 3.8) is 0 Å². The average Bonchev–Trinajstić information content (AvgIpc) is 2.68. The van der Waals surface area contributed by atoms with Crippen molar-refractivity contribution in [2.75, 3.05) is 24.2 Å². The number of carbonyl (C=O) groups excluding carboxylic acids is 2. The van der Waals surface area contributed by atoms with Crippen molar-refractivity contribution < 1.29 is 18.0 Å². The molecule has 2 aromatic rings. The van der Waals surface area contributed by atoms with E-state index in [0.29, 0.717) is 5.69 Å². The number of nitrogens with zero attached hydrogens (tertiary/aromatic N) is 2. The van der Waals surface area contributed by atoms with Crippen LogP contribution in [0.5, 0.6) is 0 Å². The van der Waals surface area contributed by atoms with Crippen molar-refractivity contribution in [2.24, 2.45) is 0 Å². The summed E-state index contributed by atoms with van der Waals surface area (Å²) in [5.74, 6) is -0.803. The Morgan fingerprint density at radius 1 is 1.13 bits per heavy atom. The molecule has 1 N–H and O–H groups in total. The minimum absolute atomic E-state index is 0.164. The summed E-state index contributed by atoms with van der Waals surface area (Å²) in [6.07, 6.45) is 1.07. The molecule has 0 fully saturated rings. The fraction of sp³-hybridized carbons (Fsp3) is 0.364. The molecule has 0 aliphatic rings. The molecule has 31 heavy (non-hydrogen) atoms. The lowest BCUT2D eigenvalue weighted by molar-refractivity contribution is -0.139. The summed E-state index contributed by atoms with van der Waals surface area (Å²) in [6, 6.07) is 12.0. The van der Waals surface area contributed by atoms with Crippen LogP contribution in [0.25, 0.3) is 0 Å². The van der Waals surface area contributed by atoms with Crippen LogP contribution in [0.15, 0.2) is 46.9 Å². The molecule has 9 heteroatoms. The summed E-state index contributed by atoms with van der Waals surface area (Å²) in [4.78, 5) is 27.0. The van der Waals surface area contributed by atoms with Crippen LogP contribution in [0, 0.1) is 13.8 Å². The highest BCUT2D eigenvalue weighted by molar-refractivity contribution is 9.10. The van der Waals surface area contributed by atoms with Crippen LogP contribution in [-0.4, -0.2) is 51.0 Å². The summed E-state index contributed by atoms with van der Waals surface area (Å²) in [5, 5.41) is 2.55. The van der Waals surface area contributed by atoms with Gasteiger partial charge in [-0.1, -0.05) is 45.8 Å². The summed E-state index contributed by atoms with van der Waals surface area (Å²) in [5.41, 5.74) is 2.99. The molecule has 0 saturated heterocycles. The van der Waals surface area contributed by atoms with Gasteiger partial charge in [0.2, 0.25) is 21.8 Å². The van der Waals surface area contributed by atoms with Gasteiger partial charge in [-0.25, -0.2) is 8.42 Å². The van der Waals surface area contributed by atoms with Crippen molar-refractivity contribution in [3.8, 4) is 0 Å². The summed E-state index contributed by atoms with van der Waals surface area (Å²) in [7, 11) is -2.24. The van der Waals surface area contributed by atoms with E-state index >= 15 is 0 Å². The van der Waals surface area contributed by atoms with Crippen LogP contribution in [0.3, 0.4) is 0 Å². The second-order valence-electron chi connectivity index (χ2n) is 7.50. The van der Waals surface area contributed by atoms with Crippen LogP contribution in [0.2, 0.25) is 0 Å². The Morgan fingerprint density at radius 3 is 2.35 bits per heavy atom. The Bertz CT molecular complexity index is 1070. The molecule has 2 rings (SSSR count). The third-order valence-electron chi connectivity index (χ3n) is 4.96. The monoisotopic (exact) mass is 509 g/mol. The molecule has 0 heterocycles. The van der Waals surface area contributed by atoms with Gasteiger partial charge >= 0.3 is 0 Å². The summed E-state index contributed by atoms with van der Waals surface area (Å²) >= 11 is 3.41. The second-order valence-corrected chi connectivity index (χ2v) is 10.3. The molecule has 0 aromatic heterocycles. The molecule has 0 aliphatic heterocycles. The Hall–Kier alpha value is -2.39.